The third kappa shape index (κ3) is 4.55. The molecule has 2 aromatic rings. The van der Waals surface area contributed by atoms with Crippen LogP contribution in [-0.4, -0.2) is 85.2 Å². The molecule has 1 atom stereocenters. The smallest absolute Gasteiger partial charge is 0.295 e. The number of likely N-dealkylation sites (tertiary alicyclic amines) is 1. The van der Waals surface area contributed by atoms with Crippen molar-refractivity contribution >= 4 is 17.4 Å². The first-order valence-corrected chi connectivity index (χ1v) is 10.8. The van der Waals surface area contributed by atoms with E-state index in [0.717, 1.165) is 13.1 Å². The van der Waals surface area contributed by atoms with Gasteiger partial charge in [0.2, 0.25) is 0 Å². The number of carbonyl (C=O) groups excluding carboxylic acids is 2. The summed E-state index contributed by atoms with van der Waals surface area (Å²) in [5.41, 5.74) is 0.794. The summed E-state index contributed by atoms with van der Waals surface area (Å²) < 4.78 is 16.0. The molecule has 33 heavy (non-hydrogen) atoms. The Balaban J connectivity index is 1.75. The fourth-order valence-electron chi connectivity index (χ4n) is 4.17. The predicted molar refractivity (Wildman–Crippen MR) is 120 cm³/mol. The van der Waals surface area contributed by atoms with Crippen molar-refractivity contribution < 1.29 is 28.9 Å². The van der Waals surface area contributed by atoms with E-state index >= 15 is 0 Å². The number of methoxy groups -OCH3 is 2. The third-order valence-electron chi connectivity index (χ3n) is 5.93. The molecule has 4 rings (SSSR count). The van der Waals surface area contributed by atoms with E-state index < -0.39 is 17.7 Å². The molecule has 0 bridgehead atoms. The van der Waals surface area contributed by atoms with Gasteiger partial charge in [-0.2, -0.15) is 0 Å². The lowest BCUT2D eigenvalue weighted by Crippen LogP contribution is -2.42. The second-order valence-electron chi connectivity index (χ2n) is 7.77. The Morgan fingerprint density at radius 1 is 1.12 bits per heavy atom. The van der Waals surface area contributed by atoms with E-state index in [0.29, 0.717) is 49.1 Å². The monoisotopic (exact) mass is 453 g/mol. The number of amides is 1. The topological polar surface area (TPSA) is 101 Å². The molecule has 2 aliphatic rings. The molecular formula is C24H27N3O6. The number of pyridine rings is 1. The van der Waals surface area contributed by atoms with Gasteiger partial charge in [0, 0.05) is 38.4 Å². The summed E-state index contributed by atoms with van der Waals surface area (Å²) in [6.07, 6.45) is 1.60. The number of rotatable bonds is 7. The van der Waals surface area contributed by atoms with Crippen molar-refractivity contribution in [3.05, 3.63) is 59.4 Å². The highest BCUT2D eigenvalue weighted by atomic mass is 16.5. The number of carbonyl (C=O) groups is 2. The maximum absolute atomic E-state index is 13.2. The number of aromatic nitrogens is 1. The standard InChI is InChI=1S/C24H27N3O6/c1-31-16-6-7-17(19(15-16)32-2)22(28)20-21(18-5-3-4-8-25-18)27(24(30)23(20)29)10-9-26-11-13-33-14-12-26/h3-8,15,21,28H,9-14H2,1-2H3. The minimum absolute atomic E-state index is 0.0101. The van der Waals surface area contributed by atoms with E-state index in [2.05, 4.69) is 9.88 Å². The summed E-state index contributed by atoms with van der Waals surface area (Å²) in [6, 6.07) is 9.36. The van der Waals surface area contributed by atoms with Crippen molar-refractivity contribution in [3.8, 4) is 11.5 Å². The molecule has 2 fully saturated rings. The van der Waals surface area contributed by atoms with Crippen molar-refractivity contribution in [2.75, 3.05) is 53.6 Å². The molecule has 0 aliphatic carbocycles. The van der Waals surface area contributed by atoms with Crippen LogP contribution in [0.25, 0.3) is 5.76 Å². The number of hydrogen-bond donors (Lipinski definition) is 1. The SMILES string of the molecule is COc1ccc(C(O)=C2C(=O)C(=O)N(CCN3CCOCC3)C2c2ccccn2)c(OC)c1. The zero-order chi connectivity index (χ0) is 23.4. The van der Waals surface area contributed by atoms with Gasteiger partial charge in [0.1, 0.15) is 23.3 Å². The first-order chi connectivity index (χ1) is 16.0. The summed E-state index contributed by atoms with van der Waals surface area (Å²) in [5, 5.41) is 11.3. The molecule has 0 radical (unpaired) electrons. The van der Waals surface area contributed by atoms with Gasteiger partial charge in [0.25, 0.3) is 11.7 Å². The van der Waals surface area contributed by atoms with Crippen LogP contribution in [0.5, 0.6) is 11.5 Å². The van der Waals surface area contributed by atoms with Crippen LogP contribution >= 0.6 is 0 Å². The van der Waals surface area contributed by atoms with Crippen LogP contribution in [0.15, 0.2) is 48.2 Å². The van der Waals surface area contributed by atoms with Crippen LogP contribution in [0.3, 0.4) is 0 Å². The minimum Gasteiger partial charge on any atom is -0.507 e. The fourth-order valence-corrected chi connectivity index (χ4v) is 4.17. The Hall–Kier alpha value is -3.43. The number of ketones is 1. The number of morpholine rings is 1. The van der Waals surface area contributed by atoms with Gasteiger partial charge in [0.15, 0.2) is 0 Å². The highest BCUT2D eigenvalue weighted by Gasteiger charge is 2.47. The van der Waals surface area contributed by atoms with Crippen LogP contribution in [0.4, 0.5) is 0 Å². The molecule has 9 nitrogen and oxygen atoms in total. The van der Waals surface area contributed by atoms with E-state index in [9.17, 15) is 14.7 Å². The van der Waals surface area contributed by atoms with Crippen molar-refractivity contribution in [3.63, 3.8) is 0 Å². The second kappa shape index (κ2) is 10.0. The normalized spacial score (nSPS) is 20.8. The second-order valence-corrected chi connectivity index (χ2v) is 7.77. The zero-order valence-electron chi connectivity index (χ0n) is 18.7. The molecule has 0 saturated carbocycles. The maximum atomic E-state index is 13.2. The maximum Gasteiger partial charge on any atom is 0.295 e. The van der Waals surface area contributed by atoms with Crippen molar-refractivity contribution in [1.82, 2.24) is 14.8 Å². The number of aliphatic hydroxyl groups is 1. The van der Waals surface area contributed by atoms with Crippen LogP contribution in [0.2, 0.25) is 0 Å². The lowest BCUT2D eigenvalue weighted by molar-refractivity contribution is -0.140. The molecule has 2 aliphatic heterocycles. The average molecular weight is 453 g/mol. The van der Waals surface area contributed by atoms with E-state index in [1.807, 2.05) is 0 Å². The van der Waals surface area contributed by atoms with Crippen molar-refractivity contribution in [2.24, 2.45) is 0 Å². The number of benzene rings is 1. The Labute approximate surface area is 192 Å². The Bertz CT molecular complexity index is 1050. The summed E-state index contributed by atoms with van der Waals surface area (Å²) in [4.78, 5) is 34.3. The molecule has 3 heterocycles. The third-order valence-corrected chi connectivity index (χ3v) is 5.93. The van der Waals surface area contributed by atoms with Gasteiger partial charge in [-0.3, -0.25) is 19.5 Å². The lowest BCUT2D eigenvalue weighted by atomic mass is 9.97. The highest BCUT2D eigenvalue weighted by Crippen LogP contribution is 2.40. The average Bonchev–Trinajstić information content (AvgIpc) is 3.12. The molecule has 1 aromatic heterocycles. The van der Waals surface area contributed by atoms with Crippen molar-refractivity contribution in [2.45, 2.75) is 6.04 Å². The Kier molecular flexibility index (Phi) is 6.90. The lowest BCUT2D eigenvalue weighted by Gasteiger charge is -2.30. The molecule has 2 saturated heterocycles. The first-order valence-electron chi connectivity index (χ1n) is 10.8. The molecule has 1 aromatic carbocycles. The quantitative estimate of drug-likeness (QED) is 0.385. The zero-order valence-corrected chi connectivity index (χ0v) is 18.7. The van der Waals surface area contributed by atoms with E-state index in [1.54, 1.807) is 42.6 Å². The van der Waals surface area contributed by atoms with Gasteiger partial charge < -0.3 is 24.2 Å². The van der Waals surface area contributed by atoms with Gasteiger partial charge in [-0.15, -0.1) is 0 Å². The number of aliphatic hydroxyl groups excluding tert-OH is 1. The van der Waals surface area contributed by atoms with Crippen LogP contribution < -0.4 is 9.47 Å². The van der Waals surface area contributed by atoms with Gasteiger partial charge in [-0.25, -0.2) is 0 Å². The van der Waals surface area contributed by atoms with Crippen LogP contribution in [0, 0.1) is 0 Å². The van der Waals surface area contributed by atoms with Crippen molar-refractivity contribution in [1.29, 1.82) is 0 Å². The molecule has 1 unspecified atom stereocenters. The molecule has 0 spiro atoms. The number of nitrogens with zero attached hydrogens (tertiary/aromatic N) is 3. The molecule has 1 N–H and O–H groups in total. The number of Topliss-reactive ketones (excluding diaryl/α,β-unsaturated/α-hetero) is 1. The van der Waals surface area contributed by atoms with E-state index in [1.165, 1.54) is 19.1 Å². The summed E-state index contributed by atoms with van der Waals surface area (Å²) in [6.45, 7) is 3.72. The molecular weight excluding hydrogens is 426 g/mol. The molecule has 1 amide bonds. The Morgan fingerprint density at radius 3 is 2.58 bits per heavy atom. The van der Waals surface area contributed by atoms with Crippen LogP contribution in [-0.2, 0) is 14.3 Å². The van der Waals surface area contributed by atoms with E-state index in [-0.39, 0.29) is 11.3 Å². The number of ether oxygens (including phenoxy) is 3. The molecule has 9 heteroatoms. The largest absolute Gasteiger partial charge is 0.507 e. The summed E-state index contributed by atoms with van der Waals surface area (Å²) in [7, 11) is 2.98. The van der Waals surface area contributed by atoms with Gasteiger partial charge in [-0.05, 0) is 24.3 Å². The van der Waals surface area contributed by atoms with Gasteiger partial charge >= 0.3 is 0 Å². The number of hydrogen-bond acceptors (Lipinski definition) is 8. The first kappa shape index (κ1) is 22.8. The minimum atomic E-state index is -0.806. The molecule has 174 valence electrons. The highest BCUT2D eigenvalue weighted by molar-refractivity contribution is 6.46. The van der Waals surface area contributed by atoms with E-state index in [4.69, 9.17) is 14.2 Å². The van der Waals surface area contributed by atoms with Gasteiger partial charge in [-0.1, -0.05) is 6.07 Å². The summed E-state index contributed by atoms with van der Waals surface area (Å²) >= 11 is 0. The summed E-state index contributed by atoms with van der Waals surface area (Å²) in [5.74, 6) is -0.852. The fraction of sp³-hybridized carbons (Fsp3) is 0.375. The van der Waals surface area contributed by atoms with Gasteiger partial charge in [0.05, 0.1) is 44.3 Å². The van der Waals surface area contributed by atoms with Crippen LogP contribution in [0.1, 0.15) is 17.3 Å². The Morgan fingerprint density at radius 2 is 1.91 bits per heavy atom. The predicted octanol–water partition coefficient (Wildman–Crippen LogP) is 1.85.